The second-order valence-corrected chi connectivity index (χ2v) is 9.01. The molecule has 0 fully saturated rings. The zero-order chi connectivity index (χ0) is 18.9. The first kappa shape index (κ1) is 17.7. The Bertz CT molecular complexity index is 1120. The number of nitrogens with zero attached hydrogens (tertiary/aromatic N) is 1. The lowest BCUT2D eigenvalue weighted by molar-refractivity contribution is 0.602. The first-order valence-electron chi connectivity index (χ1n) is 9.16. The number of hydrogen-bond donors (Lipinski definition) is 1. The Labute approximate surface area is 159 Å². The fraction of sp³-hybridized carbons (Fsp3) is 0.227. The SMILES string of the molecule is CS(=O)(=O)c1ccc(Nc2cc3c(C4=CCCCC4)cccc3cn2)cc1. The Kier molecular flexibility index (Phi) is 4.70. The average Bonchev–Trinajstić information content (AvgIpc) is 2.68. The first-order valence-corrected chi connectivity index (χ1v) is 11.1. The van der Waals surface area contributed by atoms with Gasteiger partial charge >= 0.3 is 0 Å². The fourth-order valence-corrected chi connectivity index (χ4v) is 4.16. The second-order valence-electron chi connectivity index (χ2n) is 6.99. The van der Waals surface area contributed by atoms with Crippen molar-refractivity contribution in [2.24, 2.45) is 0 Å². The monoisotopic (exact) mass is 378 g/mol. The maximum atomic E-state index is 11.6. The van der Waals surface area contributed by atoms with Gasteiger partial charge in [-0.15, -0.1) is 0 Å². The van der Waals surface area contributed by atoms with Crippen molar-refractivity contribution in [1.29, 1.82) is 0 Å². The van der Waals surface area contributed by atoms with E-state index in [1.807, 2.05) is 6.20 Å². The molecule has 3 aromatic rings. The van der Waals surface area contributed by atoms with Crippen LogP contribution in [-0.4, -0.2) is 19.7 Å². The van der Waals surface area contributed by atoms with Gasteiger partial charge in [0.1, 0.15) is 5.82 Å². The molecule has 0 radical (unpaired) electrons. The summed E-state index contributed by atoms with van der Waals surface area (Å²) in [5.74, 6) is 0.749. The lowest BCUT2D eigenvalue weighted by atomic mass is 9.91. The number of anilines is 2. The molecule has 0 aliphatic heterocycles. The predicted molar refractivity (Wildman–Crippen MR) is 111 cm³/mol. The van der Waals surface area contributed by atoms with E-state index in [1.165, 1.54) is 35.6 Å². The molecule has 27 heavy (non-hydrogen) atoms. The molecule has 4 rings (SSSR count). The summed E-state index contributed by atoms with van der Waals surface area (Å²) in [6.45, 7) is 0. The van der Waals surface area contributed by atoms with Crippen LogP contribution in [0.3, 0.4) is 0 Å². The molecule has 1 heterocycles. The van der Waals surface area contributed by atoms with E-state index in [0.717, 1.165) is 29.7 Å². The van der Waals surface area contributed by atoms with Crippen LogP contribution >= 0.6 is 0 Å². The molecule has 0 unspecified atom stereocenters. The molecule has 4 nitrogen and oxygen atoms in total. The molecule has 0 saturated heterocycles. The molecular weight excluding hydrogens is 356 g/mol. The lowest BCUT2D eigenvalue weighted by Gasteiger charge is -2.16. The minimum atomic E-state index is -3.19. The summed E-state index contributed by atoms with van der Waals surface area (Å²) < 4.78 is 23.2. The van der Waals surface area contributed by atoms with E-state index < -0.39 is 9.84 Å². The number of aromatic nitrogens is 1. The highest BCUT2D eigenvalue weighted by atomic mass is 32.2. The highest BCUT2D eigenvalue weighted by Crippen LogP contribution is 2.33. The number of benzene rings is 2. The van der Waals surface area contributed by atoms with Gasteiger partial charge in [-0.1, -0.05) is 24.3 Å². The van der Waals surface area contributed by atoms with E-state index in [4.69, 9.17) is 0 Å². The van der Waals surface area contributed by atoms with Crippen molar-refractivity contribution in [3.8, 4) is 0 Å². The minimum absolute atomic E-state index is 0.311. The van der Waals surface area contributed by atoms with E-state index in [1.54, 1.807) is 24.3 Å². The van der Waals surface area contributed by atoms with Gasteiger partial charge in [0.25, 0.3) is 0 Å². The third kappa shape index (κ3) is 3.88. The molecule has 0 amide bonds. The lowest BCUT2D eigenvalue weighted by Crippen LogP contribution is -1.98. The number of allylic oxidation sites excluding steroid dienone is 2. The molecule has 0 spiro atoms. The number of hydrogen-bond acceptors (Lipinski definition) is 4. The summed E-state index contributed by atoms with van der Waals surface area (Å²) in [6, 6.07) is 15.2. The van der Waals surface area contributed by atoms with Crippen LogP contribution in [0, 0.1) is 0 Å². The van der Waals surface area contributed by atoms with Crippen molar-refractivity contribution in [2.75, 3.05) is 11.6 Å². The highest BCUT2D eigenvalue weighted by Gasteiger charge is 2.11. The van der Waals surface area contributed by atoms with Crippen molar-refractivity contribution in [2.45, 2.75) is 30.6 Å². The number of sulfone groups is 1. The minimum Gasteiger partial charge on any atom is -0.340 e. The Morgan fingerprint density at radius 3 is 2.56 bits per heavy atom. The van der Waals surface area contributed by atoms with Crippen LogP contribution < -0.4 is 5.32 Å². The molecule has 0 saturated carbocycles. The first-order chi connectivity index (χ1) is 13.0. The van der Waals surface area contributed by atoms with Gasteiger partial charge in [0, 0.05) is 23.5 Å². The molecular formula is C22H22N2O2S. The van der Waals surface area contributed by atoms with Crippen LogP contribution in [-0.2, 0) is 9.84 Å². The van der Waals surface area contributed by atoms with E-state index >= 15 is 0 Å². The van der Waals surface area contributed by atoms with Gasteiger partial charge in [0.15, 0.2) is 9.84 Å². The second kappa shape index (κ2) is 7.16. The molecule has 138 valence electrons. The van der Waals surface area contributed by atoms with Crippen LogP contribution in [0.15, 0.2) is 65.7 Å². The summed E-state index contributed by atoms with van der Waals surface area (Å²) in [5, 5.41) is 5.59. The summed E-state index contributed by atoms with van der Waals surface area (Å²) >= 11 is 0. The maximum Gasteiger partial charge on any atom is 0.175 e. The maximum absolute atomic E-state index is 11.6. The summed E-state index contributed by atoms with van der Waals surface area (Å²) in [6.07, 6.45) is 10.2. The molecule has 5 heteroatoms. The molecule has 1 aromatic heterocycles. The Balaban J connectivity index is 1.68. The van der Waals surface area contributed by atoms with Crippen LogP contribution in [0.4, 0.5) is 11.5 Å². The summed E-state index contributed by atoms with van der Waals surface area (Å²) in [7, 11) is -3.19. The predicted octanol–water partition coefficient (Wildman–Crippen LogP) is 5.34. The fourth-order valence-electron chi connectivity index (χ4n) is 3.53. The molecule has 1 aliphatic rings. The Morgan fingerprint density at radius 1 is 1.04 bits per heavy atom. The van der Waals surface area contributed by atoms with Gasteiger partial charge in [-0.2, -0.15) is 0 Å². The summed E-state index contributed by atoms with van der Waals surface area (Å²) in [5.41, 5.74) is 3.51. The van der Waals surface area contributed by atoms with Gasteiger partial charge < -0.3 is 5.32 Å². The standard InChI is InChI=1S/C22H22N2O2S/c1-27(25,26)19-12-10-18(11-13-19)24-22-14-21-17(15-23-22)8-5-9-20(21)16-6-3-2-4-7-16/h5-6,8-15H,2-4,7H2,1H3,(H,23,24). The van der Waals surface area contributed by atoms with E-state index in [0.29, 0.717) is 4.90 Å². The van der Waals surface area contributed by atoms with E-state index in [9.17, 15) is 8.42 Å². The van der Waals surface area contributed by atoms with Gasteiger partial charge in [-0.3, -0.25) is 0 Å². The Hall–Kier alpha value is -2.66. The van der Waals surface area contributed by atoms with Crippen molar-refractivity contribution in [1.82, 2.24) is 4.98 Å². The Morgan fingerprint density at radius 2 is 1.85 bits per heavy atom. The molecule has 1 aliphatic carbocycles. The van der Waals surface area contributed by atoms with Crippen LogP contribution in [0.5, 0.6) is 0 Å². The van der Waals surface area contributed by atoms with Crippen LogP contribution in [0.1, 0.15) is 31.2 Å². The van der Waals surface area contributed by atoms with Crippen LogP contribution in [0.25, 0.3) is 16.3 Å². The molecule has 1 N–H and O–H groups in total. The average molecular weight is 378 g/mol. The molecule has 2 aromatic carbocycles. The van der Waals surface area contributed by atoms with Gasteiger partial charge in [0.05, 0.1) is 4.90 Å². The topological polar surface area (TPSA) is 59.1 Å². The van der Waals surface area contributed by atoms with Crippen molar-refractivity contribution >= 4 is 37.7 Å². The van der Waals surface area contributed by atoms with Gasteiger partial charge in [-0.25, -0.2) is 13.4 Å². The normalized spacial score (nSPS) is 14.8. The van der Waals surface area contributed by atoms with Crippen molar-refractivity contribution < 1.29 is 8.42 Å². The van der Waals surface area contributed by atoms with Crippen LogP contribution in [0.2, 0.25) is 0 Å². The van der Waals surface area contributed by atoms with E-state index in [2.05, 4.69) is 40.6 Å². The highest BCUT2D eigenvalue weighted by molar-refractivity contribution is 7.90. The van der Waals surface area contributed by atoms with E-state index in [-0.39, 0.29) is 0 Å². The zero-order valence-electron chi connectivity index (χ0n) is 15.3. The third-order valence-corrected chi connectivity index (χ3v) is 6.08. The smallest absolute Gasteiger partial charge is 0.175 e. The quantitative estimate of drug-likeness (QED) is 0.666. The summed E-state index contributed by atoms with van der Waals surface area (Å²) in [4.78, 5) is 4.82. The third-order valence-electron chi connectivity index (χ3n) is 4.96. The largest absolute Gasteiger partial charge is 0.340 e. The van der Waals surface area contributed by atoms with Crippen molar-refractivity contribution in [3.05, 3.63) is 66.4 Å². The molecule has 0 bridgehead atoms. The van der Waals surface area contributed by atoms with Gasteiger partial charge in [-0.05, 0) is 72.5 Å². The molecule has 0 atom stereocenters. The zero-order valence-corrected chi connectivity index (χ0v) is 16.1. The van der Waals surface area contributed by atoms with Crippen molar-refractivity contribution in [3.63, 3.8) is 0 Å². The number of nitrogens with one attached hydrogen (secondary N) is 1. The number of rotatable bonds is 4. The number of fused-ring (bicyclic) bond motifs is 1. The number of pyridine rings is 1. The van der Waals surface area contributed by atoms with Gasteiger partial charge in [0.2, 0.25) is 0 Å².